The zero-order valence-corrected chi connectivity index (χ0v) is 18.5. The topological polar surface area (TPSA) is 108 Å². The maximum absolute atomic E-state index is 13.2. The van der Waals surface area contributed by atoms with Gasteiger partial charge in [-0.25, -0.2) is 4.79 Å². The summed E-state index contributed by atoms with van der Waals surface area (Å²) in [5.74, 6) is -1.17. The van der Waals surface area contributed by atoms with Crippen LogP contribution in [-0.2, 0) is 27.3 Å². The lowest BCUT2D eigenvalue weighted by molar-refractivity contribution is -0.137. The Morgan fingerprint density at radius 1 is 1.14 bits per heavy atom. The van der Waals surface area contributed by atoms with Crippen LogP contribution in [0.3, 0.4) is 0 Å². The van der Waals surface area contributed by atoms with Crippen molar-refractivity contribution in [3.05, 3.63) is 59.2 Å². The van der Waals surface area contributed by atoms with Gasteiger partial charge in [-0.15, -0.1) is 0 Å². The molecule has 3 heterocycles. The van der Waals surface area contributed by atoms with Gasteiger partial charge in [0, 0.05) is 29.9 Å². The van der Waals surface area contributed by atoms with Crippen molar-refractivity contribution in [3.8, 4) is 0 Å². The Labute approximate surface area is 199 Å². The van der Waals surface area contributed by atoms with E-state index in [1.807, 2.05) is 12.1 Å². The van der Waals surface area contributed by atoms with Crippen LogP contribution in [0.25, 0.3) is 0 Å². The van der Waals surface area contributed by atoms with Gasteiger partial charge < -0.3 is 15.0 Å². The molecule has 2 atom stereocenters. The van der Waals surface area contributed by atoms with Gasteiger partial charge in [-0.3, -0.25) is 24.6 Å². The number of urea groups is 1. The maximum atomic E-state index is 13.2. The van der Waals surface area contributed by atoms with Gasteiger partial charge in [-0.1, -0.05) is 18.2 Å². The highest BCUT2D eigenvalue weighted by atomic mass is 19.3. The number of hydrogen-bond donors (Lipinski definition) is 2. The van der Waals surface area contributed by atoms with E-state index in [4.69, 9.17) is 0 Å². The zero-order chi connectivity index (χ0) is 24.7. The number of fused-ring (bicyclic) bond motifs is 2. The number of carbonyl (C=O) groups excluding carboxylic acids is 4. The van der Waals surface area contributed by atoms with Crippen molar-refractivity contribution in [3.63, 3.8) is 0 Å². The molecule has 3 aliphatic rings. The number of amides is 5. The SMILES string of the molecule is O=C1CCC(N2Cc3cc(NC(=O)N4c5ccccc5C[C@H]4COC(F)F)ccc3C2=O)C(=O)N1. The maximum Gasteiger partial charge on any atom is 0.345 e. The number of anilines is 2. The normalized spacial score (nSPS) is 21.3. The first-order valence-corrected chi connectivity index (χ1v) is 11.2. The first-order valence-electron chi connectivity index (χ1n) is 11.2. The molecule has 5 amide bonds. The number of para-hydroxylation sites is 1. The highest BCUT2D eigenvalue weighted by Gasteiger charge is 2.39. The number of imide groups is 1. The Bertz CT molecular complexity index is 1220. The summed E-state index contributed by atoms with van der Waals surface area (Å²) in [5.41, 5.74) is 2.95. The molecule has 11 heteroatoms. The van der Waals surface area contributed by atoms with Crippen LogP contribution < -0.4 is 15.5 Å². The van der Waals surface area contributed by atoms with Crippen LogP contribution in [0.2, 0.25) is 0 Å². The van der Waals surface area contributed by atoms with E-state index >= 15 is 0 Å². The molecular weight excluding hydrogens is 462 g/mol. The second kappa shape index (κ2) is 9.06. The fraction of sp³-hybridized carbons (Fsp3) is 0.333. The molecule has 182 valence electrons. The molecule has 0 aliphatic carbocycles. The van der Waals surface area contributed by atoms with Crippen molar-refractivity contribution < 1.29 is 32.7 Å². The van der Waals surface area contributed by atoms with Crippen LogP contribution in [0, 0.1) is 0 Å². The van der Waals surface area contributed by atoms with Crippen molar-refractivity contribution in [2.45, 2.75) is 44.5 Å². The summed E-state index contributed by atoms with van der Waals surface area (Å²) in [6, 6.07) is 10.1. The second-order valence-corrected chi connectivity index (χ2v) is 8.65. The summed E-state index contributed by atoms with van der Waals surface area (Å²) in [7, 11) is 0. The third-order valence-electron chi connectivity index (χ3n) is 6.48. The number of halogens is 2. The molecule has 0 bridgehead atoms. The van der Waals surface area contributed by atoms with Crippen LogP contribution in [0.4, 0.5) is 25.0 Å². The van der Waals surface area contributed by atoms with Crippen molar-refractivity contribution in [2.75, 3.05) is 16.8 Å². The molecule has 9 nitrogen and oxygen atoms in total. The fourth-order valence-electron chi connectivity index (χ4n) is 4.89. The van der Waals surface area contributed by atoms with Crippen molar-refractivity contribution >= 4 is 35.1 Å². The lowest BCUT2D eigenvalue weighted by Gasteiger charge is -2.29. The number of nitrogens with zero attached hydrogens (tertiary/aromatic N) is 2. The Morgan fingerprint density at radius 2 is 1.94 bits per heavy atom. The third kappa shape index (κ3) is 4.34. The van der Waals surface area contributed by atoms with Gasteiger partial charge in [0.2, 0.25) is 11.8 Å². The molecule has 2 N–H and O–H groups in total. The average Bonchev–Trinajstić information content (AvgIpc) is 3.35. The standard InChI is InChI=1S/C24H22F2N4O5/c25-23(26)35-12-16-10-13-3-1-2-4-18(13)30(16)24(34)27-15-5-6-17-14(9-15)11-29(22(17)33)19-7-8-20(31)28-21(19)32/h1-6,9,16,19,23H,7-8,10-12H2,(H,27,34)(H,28,31,32)/t16-,19?/m0/s1. The van der Waals surface area contributed by atoms with E-state index in [-0.39, 0.29) is 37.8 Å². The highest BCUT2D eigenvalue weighted by molar-refractivity contribution is 6.07. The summed E-state index contributed by atoms with van der Waals surface area (Å²) >= 11 is 0. The number of benzene rings is 2. The minimum absolute atomic E-state index is 0.158. The number of carbonyl (C=O) groups is 4. The summed E-state index contributed by atoms with van der Waals surface area (Å²) in [5, 5.41) is 5.05. The highest BCUT2D eigenvalue weighted by Crippen LogP contribution is 2.34. The van der Waals surface area contributed by atoms with E-state index in [0.717, 1.165) is 5.56 Å². The van der Waals surface area contributed by atoms with Crippen LogP contribution in [0.1, 0.15) is 34.3 Å². The molecule has 0 saturated carbocycles. The van der Waals surface area contributed by atoms with E-state index in [1.165, 1.54) is 9.80 Å². The summed E-state index contributed by atoms with van der Waals surface area (Å²) in [4.78, 5) is 52.6. The predicted octanol–water partition coefficient (Wildman–Crippen LogP) is 2.65. The Kier molecular flexibility index (Phi) is 5.93. The average molecular weight is 484 g/mol. The number of ether oxygens (including phenoxy) is 1. The molecule has 0 spiro atoms. The van der Waals surface area contributed by atoms with Gasteiger partial charge in [0.25, 0.3) is 5.91 Å². The first kappa shape index (κ1) is 22.9. The van der Waals surface area contributed by atoms with E-state index < -0.39 is 30.6 Å². The van der Waals surface area contributed by atoms with Crippen molar-refractivity contribution in [1.29, 1.82) is 0 Å². The molecule has 3 aliphatic heterocycles. The van der Waals surface area contributed by atoms with Gasteiger partial charge in [-0.05, 0) is 48.2 Å². The third-order valence-corrected chi connectivity index (χ3v) is 6.48. The number of hydrogen-bond acceptors (Lipinski definition) is 5. The first-order chi connectivity index (χ1) is 16.8. The summed E-state index contributed by atoms with van der Waals surface area (Å²) < 4.78 is 29.8. The number of rotatable bonds is 5. The second-order valence-electron chi connectivity index (χ2n) is 8.65. The Hall–Kier alpha value is -3.86. The summed E-state index contributed by atoms with van der Waals surface area (Å²) in [6.45, 7) is -3.09. The molecule has 0 aromatic heterocycles. The van der Waals surface area contributed by atoms with Crippen LogP contribution in [0.15, 0.2) is 42.5 Å². The largest absolute Gasteiger partial charge is 0.345 e. The minimum Gasteiger partial charge on any atom is -0.322 e. The number of piperidine rings is 1. The van der Waals surface area contributed by atoms with E-state index in [1.54, 1.807) is 30.3 Å². The van der Waals surface area contributed by atoms with Crippen LogP contribution in [-0.4, -0.2) is 54.0 Å². The van der Waals surface area contributed by atoms with Crippen molar-refractivity contribution in [1.82, 2.24) is 10.2 Å². The van der Waals surface area contributed by atoms with Gasteiger partial charge in [0.15, 0.2) is 0 Å². The Morgan fingerprint density at radius 3 is 2.71 bits per heavy atom. The molecular formula is C24H22F2N4O5. The molecule has 1 unspecified atom stereocenters. The van der Waals surface area contributed by atoms with E-state index in [2.05, 4.69) is 15.4 Å². The lowest BCUT2D eigenvalue weighted by Crippen LogP contribution is -2.52. The quantitative estimate of drug-likeness (QED) is 0.635. The predicted molar refractivity (Wildman–Crippen MR) is 120 cm³/mol. The molecule has 2 aromatic rings. The minimum atomic E-state index is -2.94. The van der Waals surface area contributed by atoms with E-state index in [0.29, 0.717) is 28.9 Å². The van der Waals surface area contributed by atoms with Gasteiger partial charge in [0.05, 0.1) is 12.6 Å². The van der Waals surface area contributed by atoms with Gasteiger partial charge in [0.1, 0.15) is 6.04 Å². The number of nitrogens with one attached hydrogen (secondary N) is 2. The molecule has 2 aromatic carbocycles. The Balaban J connectivity index is 1.33. The molecule has 1 saturated heterocycles. The van der Waals surface area contributed by atoms with Crippen LogP contribution >= 0.6 is 0 Å². The molecule has 5 rings (SSSR count). The fourth-order valence-corrected chi connectivity index (χ4v) is 4.89. The molecule has 1 fully saturated rings. The zero-order valence-electron chi connectivity index (χ0n) is 18.5. The smallest absolute Gasteiger partial charge is 0.322 e. The van der Waals surface area contributed by atoms with Crippen LogP contribution in [0.5, 0.6) is 0 Å². The molecule has 35 heavy (non-hydrogen) atoms. The van der Waals surface area contributed by atoms with Gasteiger partial charge in [-0.2, -0.15) is 8.78 Å². The van der Waals surface area contributed by atoms with E-state index in [9.17, 15) is 28.0 Å². The van der Waals surface area contributed by atoms with Crippen molar-refractivity contribution in [2.24, 2.45) is 0 Å². The summed E-state index contributed by atoms with van der Waals surface area (Å²) in [6.07, 6.45) is 0.798. The number of alkyl halides is 2. The van der Waals surface area contributed by atoms with Gasteiger partial charge >= 0.3 is 12.6 Å². The monoisotopic (exact) mass is 484 g/mol. The lowest BCUT2D eigenvalue weighted by atomic mass is 10.0. The molecule has 0 radical (unpaired) electrons.